The second-order valence-electron chi connectivity index (χ2n) is 8.87. The van der Waals surface area contributed by atoms with E-state index in [-0.39, 0.29) is 27.9 Å². The van der Waals surface area contributed by atoms with E-state index in [1.807, 2.05) is 0 Å². The molecule has 3 rings (SSSR count). The molecule has 0 spiro atoms. The van der Waals surface area contributed by atoms with Crippen LogP contribution in [0.4, 0.5) is 17.1 Å². The van der Waals surface area contributed by atoms with Crippen molar-refractivity contribution in [2.45, 2.75) is 19.3 Å². The molecule has 0 radical (unpaired) electrons. The molecular formula is C30H39BrCl3N3O10. The number of hydrogen-bond acceptors (Lipinski definition) is 11. The Morgan fingerprint density at radius 2 is 1.11 bits per heavy atom. The number of ether oxygens (including phenoxy) is 5. The van der Waals surface area contributed by atoms with Crippen LogP contribution in [0.2, 0.25) is 15.1 Å². The summed E-state index contributed by atoms with van der Waals surface area (Å²) in [4.78, 5) is 19.7. The fourth-order valence-corrected chi connectivity index (χ4v) is 3.76. The van der Waals surface area contributed by atoms with Gasteiger partial charge in [0.1, 0.15) is 5.75 Å². The van der Waals surface area contributed by atoms with Crippen LogP contribution in [0.5, 0.6) is 17.2 Å². The predicted octanol–water partition coefficient (Wildman–Crippen LogP) is 8.37. The number of nitrogens with two attached hydrogens (primary N) is 1. The van der Waals surface area contributed by atoms with Gasteiger partial charge in [0, 0.05) is 86.5 Å². The number of nitrogen functional groups attached to an aromatic ring is 1. The Hall–Kier alpha value is -3.11. The lowest BCUT2D eigenvalue weighted by Gasteiger charge is -2.08. The summed E-state index contributed by atoms with van der Waals surface area (Å²) in [5.74, 6) is 0.524. The van der Waals surface area contributed by atoms with Crippen molar-refractivity contribution in [3.05, 3.63) is 89.9 Å². The molecule has 0 aliphatic rings. The van der Waals surface area contributed by atoms with Gasteiger partial charge in [0.05, 0.1) is 28.7 Å². The third kappa shape index (κ3) is 20.7. The summed E-state index contributed by atoms with van der Waals surface area (Å²) < 4.78 is 25.2. The highest BCUT2D eigenvalue weighted by Gasteiger charge is 2.15. The van der Waals surface area contributed by atoms with Gasteiger partial charge in [-0.2, -0.15) is 0 Å². The van der Waals surface area contributed by atoms with Crippen LogP contribution in [0.1, 0.15) is 19.3 Å². The topological polar surface area (TPSA) is 179 Å². The minimum absolute atomic E-state index is 0.120. The summed E-state index contributed by atoms with van der Waals surface area (Å²) in [7, 11) is 4.96. The first kappa shape index (κ1) is 43.9. The number of alkyl halides is 1. The van der Waals surface area contributed by atoms with Gasteiger partial charge in [-0.15, -0.1) is 0 Å². The van der Waals surface area contributed by atoms with Crippen molar-refractivity contribution in [3.8, 4) is 17.2 Å². The van der Waals surface area contributed by atoms with Gasteiger partial charge in [-0.3, -0.25) is 20.2 Å². The normalized spacial score (nSPS) is 9.85. The summed E-state index contributed by atoms with van der Waals surface area (Å²) in [6.07, 6.45) is 2.63. The molecule has 0 saturated carbocycles. The standard InChI is InChI=1S/C10H12ClNO4.C10H14ClNO2.C6H4ClNO3.C4H9BrO/c1-15-5-2-6-16-10-4-3-8(11)7-9(10)12(13)14;1-13-5-2-6-14-10-4-3-8(11)7-9(10)12;7-4-1-2-6(9)5(3-4)8(10)11;1-6-4-2-3-5/h3-4,7H,2,5-6H2,1H3;3-4,7H,2,5-6,12H2,1H3;1-3,9H;2-4H2,1H3. The number of aromatic hydroxyl groups is 1. The number of nitro benzene ring substituents is 2. The molecule has 262 valence electrons. The summed E-state index contributed by atoms with van der Waals surface area (Å²) in [6.45, 7) is 3.08. The number of methoxy groups -OCH3 is 3. The highest BCUT2D eigenvalue weighted by Crippen LogP contribution is 2.30. The second-order valence-corrected chi connectivity index (χ2v) is 11.0. The number of nitrogens with zero attached hydrogens (tertiary/aromatic N) is 2. The van der Waals surface area contributed by atoms with Crippen LogP contribution in [0, 0.1) is 20.2 Å². The molecule has 47 heavy (non-hydrogen) atoms. The molecule has 3 aromatic rings. The third-order valence-electron chi connectivity index (χ3n) is 5.21. The van der Waals surface area contributed by atoms with E-state index in [1.54, 1.807) is 45.6 Å². The molecule has 0 bridgehead atoms. The first-order valence-electron chi connectivity index (χ1n) is 13.8. The number of hydrogen-bond donors (Lipinski definition) is 2. The molecule has 0 saturated heterocycles. The highest BCUT2D eigenvalue weighted by molar-refractivity contribution is 9.09. The number of phenolic OH excluding ortho intramolecular Hbond substituents is 1. The molecule has 0 heterocycles. The smallest absolute Gasteiger partial charge is 0.312 e. The molecule has 13 nitrogen and oxygen atoms in total. The quantitative estimate of drug-likeness (QED) is 0.0497. The number of rotatable bonds is 15. The fourth-order valence-electron chi connectivity index (χ4n) is 3.02. The Balaban J connectivity index is 0.000000629. The van der Waals surface area contributed by atoms with Gasteiger partial charge in [-0.05, 0) is 48.9 Å². The van der Waals surface area contributed by atoms with Crippen molar-refractivity contribution < 1.29 is 38.6 Å². The van der Waals surface area contributed by atoms with E-state index in [4.69, 9.17) is 69.3 Å². The van der Waals surface area contributed by atoms with E-state index in [0.717, 1.165) is 30.8 Å². The van der Waals surface area contributed by atoms with Crippen LogP contribution >= 0.6 is 50.7 Å². The average Bonchev–Trinajstić information content (AvgIpc) is 3.03. The zero-order valence-corrected chi connectivity index (χ0v) is 30.0. The Morgan fingerprint density at radius 3 is 1.53 bits per heavy atom. The Morgan fingerprint density at radius 1 is 0.681 bits per heavy atom. The van der Waals surface area contributed by atoms with Crippen LogP contribution < -0.4 is 15.2 Å². The number of nitro groups is 2. The maximum atomic E-state index is 10.7. The summed E-state index contributed by atoms with van der Waals surface area (Å²) in [5, 5.41) is 32.0. The van der Waals surface area contributed by atoms with E-state index in [2.05, 4.69) is 15.9 Å². The maximum absolute atomic E-state index is 10.7. The molecule has 0 aromatic heterocycles. The van der Waals surface area contributed by atoms with Gasteiger partial charge in [0.25, 0.3) is 0 Å². The van der Waals surface area contributed by atoms with Crippen molar-refractivity contribution in [3.63, 3.8) is 0 Å². The molecule has 0 amide bonds. The summed E-state index contributed by atoms with van der Waals surface area (Å²) >= 11 is 20.1. The van der Waals surface area contributed by atoms with Crippen LogP contribution in [-0.2, 0) is 14.2 Å². The number of benzene rings is 3. The minimum atomic E-state index is -0.693. The zero-order valence-electron chi connectivity index (χ0n) is 26.2. The van der Waals surface area contributed by atoms with Crippen LogP contribution in [0.25, 0.3) is 0 Å². The Kier molecular flexibility index (Phi) is 25.1. The first-order valence-corrected chi connectivity index (χ1v) is 16.1. The van der Waals surface area contributed by atoms with Gasteiger partial charge in [-0.1, -0.05) is 50.7 Å². The van der Waals surface area contributed by atoms with Gasteiger partial charge in [0.2, 0.25) is 0 Å². The summed E-state index contributed by atoms with van der Waals surface area (Å²) in [5.41, 5.74) is 5.76. The van der Waals surface area contributed by atoms with E-state index < -0.39 is 9.85 Å². The van der Waals surface area contributed by atoms with Crippen LogP contribution in [0.3, 0.4) is 0 Å². The van der Waals surface area contributed by atoms with Gasteiger partial charge in [0.15, 0.2) is 11.5 Å². The lowest BCUT2D eigenvalue weighted by Crippen LogP contribution is -2.03. The molecule has 17 heteroatoms. The van der Waals surface area contributed by atoms with Gasteiger partial charge in [-0.25, -0.2) is 0 Å². The number of anilines is 1. The van der Waals surface area contributed by atoms with Crippen molar-refractivity contribution in [1.29, 1.82) is 0 Å². The van der Waals surface area contributed by atoms with Crippen LogP contribution in [0.15, 0.2) is 54.6 Å². The van der Waals surface area contributed by atoms with E-state index in [9.17, 15) is 20.2 Å². The van der Waals surface area contributed by atoms with Gasteiger partial charge < -0.3 is 34.5 Å². The van der Waals surface area contributed by atoms with E-state index >= 15 is 0 Å². The fraction of sp³-hybridized carbons (Fsp3) is 0.400. The molecule has 0 aliphatic heterocycles. The largest absolute Gasteiger partial charge is 0.502 e. The highest BCUT2D eigenvalue weighted by atomic mass is 79.9. The molecule has 0 aliphatic carbocycles. The molecule has 0 unspecified atom stereocenters. The monoisotopic (exact) mass is 785 g/mol. The molecule has 0 fully saturated rings. The lowest BCUT2D eigenvalue weighted by atomic mass is 10.3. The number of phenols is 1. The summed E-state index contributed by atoms with van der Waals surface area (Å²) in [6, 6.07) is 13.2. The zero-order chi connectivity index (χ0) is 35.6. The van der Waals surface area contributed by atoms with Crippen LogP contribution in [-0.4, -0.2) is 74.6 Å². The Labute approximate surface area is 297 Å². The average molecular weight is 788 g/mol. The van der Waals surface area contributed by atoms with Crippen molar-refractivity contribution in [1.82, 2.24) is 0 Å². The first-order chi connectivity index (χ1) is 22.4. The van der Waals surface area contributed by atoms with E-state index in [0.29, 0.717) is 54.3 Å². The molecular weight excluding hydrogens is 749 g/mol. The molecule has 0 atom stereocenters. The minimum Gasteiger partial charge on any atom is -0.502 e. The van der Waals surface area contributed by atoms with Crippen molar-refractivity contribution in [2.24, 2.45) is 0 Å². The number of halogens is 4. The SMILES string of the molecule is COCCCBr.COCCCOc1ccc(Cl)cc1N.COCCCOc1ccc(Cl)cc1[N+](=O)[O-].O=[N+]([O-])c1cc(Cl)ccc1O. The lowest BCUT2D eigenvalue weighted by molar-refractivity contribution is -0.386. The molecule has 3 N–H and O–H groups in total. The van der Waals surface area contributed by atoms with Crippen molar-refractivity contribution >= 4 is 67.8 Å². The van der Waals surface area contributed by atoms with Crippen molar-refractivity contribution in [2.75, 3.05) is 65.4 Å². The third-order valence-corrected chi connectivity index (χ3v) is 6.47. The Bertz CT molecular complexity index is 1340. The molecule has 3 aromatic carbocycles. The van der Waals surface area contributed by atoms with Gasteiger partial charge >= 0.3 is 11.4 Å². The predicted molar refractivity (Wildman–Crippen MR) is 188 cm³/mol. The van der Waals surface area contributed by atoms with E-state index in [1.165, 1.54) is 24.3 Å². The second kappa shape index (κ2) is 26.9. The maximum Gasteiger partial charge on any atom is 0.312 e.